The van der Waals surface area contributed by atoms with Gasteiger partial charge < -0.3 is 16.4 Å². The number of para-hydroxylation sites is 1. The minimum Gasteiger partial charge on any atom is -0.399 e. The SMILES string of the molecule is CCc1cccc(CC)c1-n1nc2c(c1-c1cc(Cl)c(NC(=O)Nc3ccc(-c4ccc(N)cc4)cc3)cc1F)CN(Cc1ccc(C(F)(F)F)cc1C(F)(F)F)C2(C)C. The van der Waals surface area contributed by atoms with E-state index < -0.39 is 40.9 Å². The summed E-state index contributed by atoms with van der Waals surface area (Å²) >= 11 is 6.78. The van der Waals surface area contributed by atoms with Gasteiger partial charge in [-0.3, -0.25) is 4.90 Å². The maximum Gasteiger partial charge on any atom is 0.416 e. The van der Waals surface area contributed by atoms with Crippen molar-refractivity contribution in [3.8, 4) is 28.1 Å². The number of nitrogens with zero attached hydrogens (tertiary/aromatic N) is 3. The number of carbonyl (C=O) groups excluding carboxylic acids is 1. The first-order valence-corrected chi connectivity index (χ1v) is 19.5. The van der Waals surface area contributed by atoms with Gasteiger partial charge in [0.25, 0.3) is 0 Å². The molecule has 0 saturated heterocycles. The topological polar surface area (TPSA) is 88.2 Å². The summed E-state index contributed by atoms with van der Waals surface area (Å²) in [6, 6.07) is 23.6. The summed E-state index contributed by atoms with van der Waals surface area (Å²) in [5.74, 6) is -0.767. The number of anilines is 3. The standard InChI is InChI=1S/C45H40ClF7N6O/c1-5-25-8-7-9-26(6-2)39(25)59-40(34-24-58(43(3,4)41(34)57-59)23-29-10-15-30(44(48,49)50)20-35(29)45(51,52)53)33-21-36(46)38(22-37(33)47)56-42(60)55-32-18-13-28(14-19-32)27-11-16-31(54)17-12-27/h7-22H,5-6,23-24,54H2,1-4H3,(H2,55,56,60). The monoisotopic (exact) mass is 848 g/mol. The number of amides is 2. The number of halogens is 8. The fourth-order valence-corrected chi connectivity index (χ4v) is 7.91. The molecule has 1 aliphatic rings. The van der Waals surface area contributed by atoms with Crippen LogP contribution in [0.1, 0.15) is 66.8 Å². The van der Waals surface area contributed by atoms with Crippen LogP contribution in [0.2, 0.25) is 5.02 Å². The van der Waals surface area contributed by atoms with Crippen molar-refractivity contribution in [3.63, 3.8) is 0 Å². The highest BCUT2D eigenvalue weighted by Crippen LogP contribution is 2.47. The zero-order valence-electron chi connectivity index (χ0n) is 32.9. The smallest absolute Gasteiger partial charge is 0.399 e. The molecule has 0 atom stereocenters. The number of alkyl halides is 6. The molecule has 15 heteroatoms. The van der Waals surface area contributed by atoms with Crippen molar-refractivity contribution in [2.75, 3.05) is 16.4 Å². The number of carbonyl (C=O) groups is 1. The lowest BCUT2D eigenvalue weighted by molar-refractivity contribution is -0.143. The van der Waals surface area contributed by atoms with Crippen molar-refractivity contribution < 1.29 is 35.5 Å². The van der Waals surface area contributed by atoms with Gasteiger partial charge in [0, 0.05) is 35.6 Å². The Kier molecular flexibility index (Phi) is 11.2. The van der Waals surface area contributed by atoms with Crippen LogP contribution in [0.5, 0.6) is 0 Å². The average Bonchev–Trinajstić information content (AvgIpc) is 3.68. The number of hydrogen-bond acceptors (Lipinski definition) is 4. The van der Waals surface area contributed by atoms with Gasteiger partial charge in [0.2, 0.25) is 0 Å². The second-order valence-corrected chi connectivity index (χ2v) is 15.5. The van der Waals surface area contributed by atoms with Crippen LogP contribution in [0, 0.1) is 5.82 Å². The molecule has 1 aromatic heterocycles. The predicted octanol–water partition coefficient (Wildman–Crippen LogP) is 12.6. The summed E-state index contributed by atoms with van der Waals surface area (Å²) in [6.45, 7) is 7.05. The first-order chi connectivity index (χ1) is 28.3. The van der Waals surface area contributed by atoms with Crippen molar-refractivity contribution in [2.24, 2.45) is 0 Å². The van der Waals surface area contributed by atoms with Gasteiger partial charge in [-0.15, -0.1) is 0 Å². The number of nitrogens with one attached hydrogen (secondary N) is 2. The van der Waals surface area contributed by atoms with Crippen LogP contribution in [0.4, 0.5) is 52.6 Å². The van der Waals surface area contributed by atoms with Crippen molar-refractivity contribution >= 4 is 34.7 Å². The molecular weight excluding hydrogens is 809 g/mol. The Morgan fingerprint density at radius 2 is 1.43 bits per heavy atom. The molecule has 4 N–H and O–H groups in total. The molecular formula is C45H40ClF7N6O. The van der Waals surface area contributed by atoms with E-state index in [4.69, 9.17) is 22.4 Å². The lowest BCUT2D eigenvalue weighted by atomic mass is 9.97. The van der Waals surface area contributed by atoms with Crippen LogP contribution in [0.15, 0.2) is 97.1 Å². The summed E-state index contributed by atoms with van der Waals surface area (Å²) in [5, 5.41) is 10.4. The molecule has 0 fully saturated rings. The second-order valence-electron chi connectivity index (χ2n) is 15.1. The van der Waals surface area contributed by atoms with Gasteiger partial charge in [0.1, 0.15) is 5.82 Å². The maximum absolute atomic E-state index is 16.7. The lowest BCUT2D eigenvalue weighted by Crippen LogP contribution is -2.36. The minimum atomic E-state index is -5.06. The molecule has 5 aromatic carbocycles. The Balaban J connectivity index is 1.25. The number of nitrogens with two attached hydrogens (primary N) is 1. The molecule has 60 heavy (non-hydrogen) atoms. The fraction of sp³-hybridized carbons (Fsp3) is 0.244. The van der Waals surface area contributed by atoms with E-state index in [0.717, 1.165) is 40.1 Å². The number of aryl methyl sites for hydroxylation is 2. The molecule has 7 rings (SSSR count). The Labute approximate surface area is 347 Å². The van der Waals surface area contributed by atoms with Crippen LogP contribution in [0.25, 0.3) is 28.1 Å². The van der Waals surface area contributed by atoms with Gasteiger partial charge >= 0.3 is 18.4 Å². The number of fused-ring (bicyclic) bond motifs is 1. The van der Waals surface area contributed by atoms with Crippen LogP contribution >= 0.6 is 11.6 Å². The molecule has 2 amide bonds. The van der Waals surface area contributed by atoms with E-state index in [2.05, 4.69) is 10.6 Å². The lowest BCUT2D eigenvalue weighted by Gasteiger charge is -2.33. The summed E-state index contributed by atoms with van der Waals surface area (Å²) in [7, 11) is 0. The first-order valence-electron chi connectivity index (χ1n) is 19.1. The van der Waals surface area contributed by atoms with Crippen molar-refractivity contribution in [1.29, 1.82) is 0 Å². The number of urea groups is 1. The number of aromatic nitrogens is 2. The largest absolute Gasteiger partial charge is 0.416 e. The molecule has 6 aromatic rings. The molecule has 2 heterocycles. The third-order valence-corrected chi connectivity index (χ3v) is 11.2. The quantitative estimate of drug-likeness (QED) is 0.0999. The van der Waals surface area contributed by atoms with Gasteiger partial charge in [0.05, 0.1) is 44.5 Å². The molecule has 0 aliphatic carbocycles. The Morgan fingerprint density at radius 3 is 2.02 bits per heavy atom. The number of benzene rings is 5. The van der Waals surface area contributed by atoms with Gasteiger partial charge in [-0.1, -0.05) is 74.0 Å². The van der Waals surface area contributed by atoms with Crippen molar-refractivity contribution in [2.45, 2.75) is 71.5 Å². The number of nitrogen functional groups attached to an aromatic ring is 1. The zero-order chi connectivity index (χ0) is 43.3. The first kappa shape index (κ1) is 42.3. The maximum atomic E-state index is 16.7. The summed E-state index contributed by atoms with van der Waals surface area (Å²) in [4.78, 5) is 14.8. The summed E-state index contributed by atoms with van der Waals surface area (Å²) < 4.78 is 102. The molecule has 1 aliphatic heterocycles. The van der Waals surface area contributed by atoms with Gasteiger partial charge in [0.15, 0.2) is 0 Å². The highest BCUT2D eigenvalue weighted by Gasteiger charge is 2.45. The van der Waals surface area contributed by atoms with Crippen molar-refractivity contribution in [3.05, 3.63) is 147 Å². The highest BCUT2D eigenvalue weighted by molar-refractivity contribution is 6.34. The minimum absolute atomic E-state index is 0.00470. The van der Waals surface area contributed by atoms with Crippen LogP contribution in [-0.2, 0) is 43.8 Å². The predicted molar refractivity (Wildman–Crippen MR) is 220 cm³/mol. The van der Waals surface area contributed by atoms with E-state index in [-0.39, 0.29) is 41.0 Å². The van der Waals surface area contributed by atoms with E-state index in [1.807, 2.05) is 56.3 Å². The summed E-state index contributed by atoms with van der Waals surface area (Å²) in [6.07, 6.45) is -8.84. The van der Waals surface area contributed by atoms with Crippen LogP contribution in [0.3, 0.4) is 0 Å². The van der Waals surface area contributed by atoms with Gasteiger partial charge in [-0.05, 0) is 103 Å². The molecule has 0 radical (unpaired) electrons. The highest BCUT2D eigenvalue weighted by atomic mass is 35.5. The van der Waals surface area contributed by atoms with E-state index in [1.54, 1.807) is 47.7 Å². The average molecular weight is 849 g/mol. The number of hydrogen-bond donors (Lipinski definition) is 3. The van der Waals surface area contributed by atoms with E-state index >= 15 is 4.39 Å². The molecule has 7 nitrogen and oxygen atoms in total. The Hall–Kier alpha value is -5.86. The normalized spacial score (nSPS) is 14.0. The van der Waals surface area contributed by atoms with Crippen LogP contribution in [-0.4, -0.2) is 20.7 Å². The fourth-order valence-electron chi connectivity index (χ4n) is 7.70. The van der Waals surface area contributed by atoms with E-state index in [9.17, 15) is 31.1 Å². The molecule has 0 saturated carbocycles. The molecule has 0 bridgehead atoms. The Morgan fingerprint density at radius 1 is 0.817 bits per heavy atom. The third-order valence-electron chi connectivity index (χ3n) is 10.9. The second kappa shape index (κ2) is 16.0. The molecule has 312 valence electrons. The van der Waals surface area contributed by atoms with Crippen LogP contribution < -0.4 is 16.4 Å². The van der Waals surface area contributed by atoms with Crippen molar-refractivity contribution in [1.82, 2.24) is 14.7 Å². The molecule has 0 spiro atoms. The van der Waals surface area contributed by atoms with E-state index in [0.29, 0.717) is 47.2 Å². The Bertz CT molecular complexity index is 2560. The van der Waals surface area contributed by atoms with E-state index in [1.165, 1.54) is 6.07 Å². The third kappa shape index (κ3) is 8.18. The number of rotatable bonds is 9. The van der Waals surface area contributed by atoms with Gasteiger partial charge in [-0.2, -0.15) is 31.4 Å². The van der Waals surface area contributed by atoms with Gasteiger partial charge in [-0.25, -0.2) is 13.9 Å². The zero-order valence-corrected chi connectivity index (χ0v) is 33.7. The summed E-state index contributed by atoms with van der Waals surface area (Å²) in [5.41, 5.74) is 8.30. The molecule has 0 unspecified atom stereocenters.